The molecule has 1 aliphatic heterocycles. The minimum Gasteiger partial charge on any atom is -0.394 e. The fraction of sp³-hybridized carbons (Fsp3) is 0.462. The monoisotopic (exact) mass is 297 g/mol. The van der Waals surface area contributed by atoms with E-state index in [0.29, 0.717) is 0 Å². The first-order chi connectivity index (χ1) is 8.13. The van der Waals surface area contributed by atoms with Crippen molar-refractivity contribution >= 4 is 27.4 Å². The van der Waals surface area contributed by atoms with Crippen LogP contribution >= 0.6 is 15.9 Å². The van der Waals surface area contributed by atoms with Crippen LogP contribution in [0.2, 0.25) is 0 Å². The maximum absolute atomic E-state index is 11.7. The number of Topliss-reactive ketones (excluding diaryl/α,β-unsaturated/α-hetero) is 1. The summed E-state index contributed by atoms with van der Waals surface area (Å²) in [5, 5.41) is 9.35. The number of ketones is 1. The van der Waals surface area contributed by atoms with Crippen LogP contribution < -0.4 is 4.90 Å². The Bertz CT molecular complexity index is 433. The van der Waals surface area contributed by atoms with Crippen LogP contribution in [0.5, 0.6) is 0 Å². The van der Waals surface area contributed by atoms with Gasteiger partial charge in [0.15, 0.2) is 5.78 Å². The smallest absolute Gasteiger partial charge is 0.161 e. The summed E-state index contributed by atoms with van der Waals surface area (Å²) in [5.74, 6) is 0.0601. The van der Waals surface area contributed by atoms with Gasteiger partial charge in [0, 0.05) is 22.3 Å². The van der Waals surface area contributed by atoms with Crippen LogP contribution in [0, 0.1) is 0 Å². The molecule has 0 radical (unpaired) electrons. The van der Waals surface area contributed by atoms with Gasteiger partial charge in [0.25, 0.3) is 0 Å². The Hall–Kier alpha value is -0.870. The predicted molar refractivity (Wildman–Crippen MR) is 71.6 cm³/mol. The van der Waals surface area contributed by atoms with Crippen molar-refractivity contribution in [3.63, 3.8) is 0 Å². The molecule has 1 aromatic rings. The predicted octanol–water partition coefficient (Wildman–Crippen LogP) is 2.61. The molecule has 2 rings (SSSR count). The van der Waals surface area contributed by atoms with Crippen molar-refractivity contribution in [2.24, 2.45) is 0 Å². The van der Waals surface area contributed by atoms with Crippen molar-refractivity contribution in [1.82, 2.24) is 0 Å². The molecule has 0 amide bonds. The zero-order chi connectivity index (χ0) is 12.4. The molecular weight excluding hydrogens is 282 g/mol. The highest BCUT2D eigenvalue weighted by Crippen LogP contribution is 2.30. The van der Waals surface area contributed by atoms with Gasteiger partial charge in [0.2, 0.25) is 0 Å². The van der Waals surface area contributed by atoms with Gasteiger partial charge in [-0.3, -0.25) is 4.79 Å². The molecule has 1 saturated heterocycles. The molecule has 1 aliphatic rings. The Kier molecular flexibility index (Phi) is 3.84. The number of carbonyl (C=O) groups is 1. The molecule has 17 heavy (non-hydrogen) atoms. The maximum Gasteiger partial charge on any atom is 0.161 e. The minimum absolute atomic E-state index is 0.0601. The third-order valence-electron chi connectivity index (χ3n) is 3.24. The minimum atomic E-state index is 0.0601. The fourth-order valence-corrected chi connectivity index (χ4v) is 2.74. The fourth-order valence-electron chi connectivity index (χ4n) is 2.38. The second-order valence-corrected chi connectivity index (χ2v) is 5.31. The number of hydrogen-bond acceptors (Lipinski definition) is 3. The van der Waals surface area contributed by atoms with Gasteiger partial charge in [0.05, 0.1) is 12.6 Å². The second-order valence-electron chi connectivity index (χ2n) is 4.39. The number of aliphatic hydroxyl groups excluding tert-OH is 1. The van der Waals surface area contributed by atoms with Crippen molar-refractivity contribution in [2.75, 3.05) is 18.1 Å². The average molecular weight is 298 g/mol. The molecular formula is C13H16BrNO2. The van der Waals surface area contributed by atoms with Crippen molar-refractivity contribution < 1.29 is 9.90 Å². The molecule has 4 heteroatoms. The van der Waals surface area contributed by atoms with Crippen LogP contribution in [0.3, 0.4) is 0 Å². The van der Waals surface area contributed by atoms with Crippen LogP contribution in [0.4, 0.5) is 5.69 Å². The lowest BCUT2D eigenvalue weighted by molar-refractivity contribution is 0.101. The summed E-state index contributed by atoms with van der Waals surface area (Å²) in [5.41, 5.74) is 1.66. The highest BCUT2D eigenvalue weighted by molar-refractivity contribution is 9.10. The number of carbonyl (C=O) groups excluding carboxylic acids is 1. The van der Waals surface area contributed by atoms with Gasteiger partial charge in [-0.25, -0.2) is 0 Å². The molecule has 1 N–H and O–H groups in total. The number of benzene rings is 1. The third kappa shape index (κ3) is 2.53. The number of aliphatic hydroxyl groups is 1. The van der Waals surface area contributed by atoms with E-state index in [2.05, 4.69) is 20.8 Å². The van der Waals surface area contributed by atoms with E-state index in [1.807, 2.05) is 18.2 Å². The molecule has 3 nitrogen and oxygen atoms in total. The summed E-state index contributed by atoms with van der Waals surface area (Å²) in [6, 6.07) is 5.89. The number of rotatable bonds is 3. The molecule has 1 aromatic carbocycles. The van der Waals surface area contributed by atoms with E-state index in [-0.39, 0.29) is 18.4 Å². The molecule has 1 unspecified atom stereocenters. The number of hydrogen-bond donors (Lipinski definition) is 1. The van der Waals surface area contributed by atoms with Gasteiger partial charge in [-0.05, 0) is 38.0 Å². The Labute approximate surface area is 110 Å². The third-order valence-corrected chi connectivity index (χ3v) is 3.73. The van der Waals surface area contributed by atoms with E-state index in [4.69, 9.17) is 0 Å². The molecule has 1 heterocycles. The van der Waals surface area contributed by atoms with Crippen molar-refractivity contribution in [3.8, 4) is 0 Å². The number of anilines is 1. The van der Waals surface area contributed by atoms with Gasteiger partial charge < -0.3 is 10.0 Å². The zero-order valence-electron chi connectivity index (χ0n) is 9.82. The van der Waals surface area contributed by atoms with Gasteiger partial charge in [-0.1, -0.05) is 15.9 Å². The number of nitrogens with zero attached hydrogens (tertiary/aromatic N) is 1. The summed E-state index contributed by atoms with van der Waals surface area (Å²) in [7, 11) is 0. The standard InChI is InChI=1S/C13H16BrNO2/c1-9(17)12-7-10(14)4-5-13(12)15-6-2-3-11(15)8-16/h4-5,7,11,16H,2-3,6,8H2,1H3. The highest BCUT2D eigenvalue weighted by Gasteiger charge is 2.26. The van der Waals surface area contributed by atoms with Crippen LogP contribution in [-0.2, 0) is 0 Å². The summed E-state index contributed by atoms with van der Waals surface area (Å²) in [6.07, 6.45) is 2.06. The Morgan fingerprint density at radius 2 is 2.35 bits per heavy atom. The van der Waals surface area contributed by atoms with E-state index in [1.54, 1.807) is 6.92 Å². The van der Waals surface area contributed by atoms with Crippen LogP contribution in [-0.4, -0.2) is 30.1 Å². The summed E-state index contributed by atoms with van der Waals surface area (Å²) in [4.78, 5) is 13.8. The normalized spacial score (nSPS) is 19.7. The number of halogens is 1. The second kappa shape index (κ2) is 5.19. The van der Waals surface area contributed by atoms with E-state index < -0.39 is 0 Å². The molecule has 1 fully saturated rings. The van der Waals surface area contributed by atoms with Crippen molar-refractivity contribution in [3.05, 3.63) is 28.2 Å². The van der Waals surface area contributed by atoms with E-state index in [1.165, 1.54) is 0 Å². The lowest BCUT2D eigenvalue weighted by atomic mass is 10.1. The van der Waals surface area contributed by atoms with Gasteiger partial charge in [-0.15, -0.1) is 0 Å². The molecule has 92 valence electrons. The Morgan fingerprint density at radius 3 is 3.00 bits per heavy atom. The maximum atomic E-state index is 11.7. The van der Waals surface area contributed by atoms with Gasteiger partial charge >= 0.3 is 0 Å². The lowest BCUT2D eigenvalue weighted by Gasteiger charge is -2.27. The molecule has 0 spiro atoms. The van der Waals surface area contributed by atoms with Crippen LogP contribution in [0.1, 0.15) is 30.1 Å². The van der Waals surface area contributed by atoms with Crippen LogP contribution in [0.15, 0.2) is 22.7 Å². The van der Waals surface area contributed by atoms with Gasteiger partial charge in [-0.2, -0.15) is 0 Å². The van der Waals surface area contributed by atoms with E-state index >= 15 is 0 Å². The quantitative estimate of drug-likeness (QED) is 0.872. The topological polar surface area (TPSA) is 40.5 Å². The average Bonchev–Trinajstić information content (AvgIpc) is 2.76. The molecule has 0 aromatic heterocycles. The largest absolute Gasteiger partial charge is 0.394 e. The van der Waals surface area contributed by atoms with Gasteiger partial charge in [0.1, 0.15) is 0 Å². The first kappa shape index (κ1) is 12.6. The molecule has 0 bridgehead atoms. The molecule has 0 saturated carbocycles. The Balaban J connectivity index is 2.40. The first-order valence-corrected chi connectivity index (χ1v) is 6.60. The van der Waals surface area contributed by atoms with E-state index in [0.717, 1.165) is 35.1 Å². The summed E-state index contributed by atoms with van der Waals surface area (Å²) >= 11 is 3.39. The lowest BCUT2D eigenvalue weighted by Crippen LogP contribution is -2.33. The highest BCUT2D eigenvalue weighted by atomic mass is 79.9. The molecule has 1 atom stereocenters. The zero-order valence-corrected chi connectivity index (χ0v) is 11.4. The summed E-state index contributed by atoms with van der Waals surface area (Å²) in [6.45, 7) is 2.63. The summed E-state index contributed by atoms with van der Waals surface area (Å²) < 4.78 is 0.909. The Morgan fingerprint density at radius 1 is 1.59 bits per heavy atom. The SMILES string of the molecule is CC(=O)c1cc(Br)ccc1N1CCCC1CO. The van der Waals surface area contributed by atoms with E-state index in [9.17, 15) is 9.90 Å². The van der Waals surface area contributed by atoms with Crippen LogP contribution in [0.25, 0.3) is 0 Å². The first-order valence-electron chi connectivity index (χ1n) is 5.81. The van der Waals surface area contributed by atoms with Crippen molar-refractivity contribution in [2.45, 2.75) is 25.8 Å². The molecule has 0 aliphatic carbocycles. The van der Waals surface area contributed by atoms with Crippen molar-refractivity contribution in [1.29, 1.82) is 0 Å².